The van der Waals surface area contributed by atoms with Crippen LogP contribution >= 0.6 is 0 Å². The summed E-state index contributed by atoms with van der Waals surface area (Å²) in [5.74, 6) is 0.667. The third-order valence-corrected chi connectivity index (χ3v) is 3.34. The molecule has 2 aromatic heterocycles. The normalized spacial score (nSPS) is 11.6. The molecule has 0 bridgehead atoms. The number of benzene rings is 2. The number of nitrogens with two attached hydrogens (primary N) is 1. The minimum Gasteiger partial charge on any atom is -0.385 e. The van der Waals surface area contributed by atoms with Gasteiger partial charge in [-0.3, -0.25) is 0 Å². The Labute approximate surface area is 103 Å². The van der Waals surface area contributed by atoms with Crippen LogP contribution < -0.4 is 5.73 Å². The molecule has 2 heterocycles. The van der Waals surface area contributed by atoms with E-state index in [2.05, 4.69) is 28.2 Å². The minimum atomic E-state index is 0.667. The largest absolute Gasteiger partial charge is 0.385 e. The van der Waals surface area contributed by atoms with Gasteiger partial charge in [0.15, 0.2) is 0 Å². The van der Waals surface area contributed by atoms with E-state index in [0.29, 0.717) is 5.82 Å². The molecule has 0 aliphatic carbocycles. The van der Waals surface area contributed by atoms with Gasteiger partial charge in [-0.25, -0.2) is 4.98 Å². The van der Waals surface area contributed by atoms with E-state index in [1.165, 1.54) is 5.39 Å². The van der Waals surface area contributed by atoms with Gasteiger partial charge < -0.3 is 10.7 Å². The number of para-hydroxylation sites is 1. The van der Waals surface area contributed by atoms with Crippen LogP contribution in [0.15, 0.2) is 48.5 Å². The van der Waals surface area contributed by atoms with Crippen molar-refractivity contribution < 1.29 is 0 Å². The van der Waals surface area contributed by atoms with E-state index in [9.17, 15) is 0 Å². The molecule has 0 radical (unpaired) electrons. The number of H-pyrrole nitrogens is 1. The zero-order valence-corrected chi connectivity index (χ0v) is 9.64. The highest BCUT2D eigenvalue weighted by Gasteiger charge is 2.08. The van der Waals surface area contributed by atoms with Crippen LogP contribution in [0.5, 0.6) is 0 Å². The standard InChI is InChI=1S/C15H11N3/c16-13-8-6-9-5-7-12-14(15(9)18-13)10-3-1-2-4-11(10)17-12/h1-8,18H,16H2. The van der Waals surface area contributed by atoms with Gasteiger partial charge in [0, 0.05) is 10.8 Å². The molecule has 3 heteroatoms. The first kappa shape index (κ1) is 9.48. The van der Waals surface area contributed by atoms with E-state index in [1.54, 1.807) is 0 Å². The van der Waals surface area contributed by atoms with Gasteiger partial charge in [0.1, 0.15) is 5.82 Å². The summed E-state index contributed by atoms with van der Waals surface area (Å²) in [6.45, 7) is 0. The van der Waals surface area contributed by atoms with E-state index >= 15 is 0 Å². The second kappa shape index (κ2) is 3.23. The number of fused-ring (bicyclic) bond motifs is 5. The molecular formula is C15H11N3. The number of anilines is 1. The van der Waals surface area contributed by atoms with Crippen molar-refractivity contribution >= 4 is 38.5 Å². The SMILES string of the molecule is Nc1ccc2ccc3nc4ccccc4c3c2[nH]1. The van der Waals surface area contributed by atoms with Crippen molar-refractivity contribution in [1.82, 2.24) is 9.97 Å². The summed E-state index contributed by atoms with van der Waals surface area (Å²) in [6.07, 6.45) is 0. The topological polar surface area (TPSA) is 54.7 Å². The Bertz CT molecular complexity index is 890. The van der Waals surface area contributed by atoms with Crippen LogP contribution in [0.4, 0.5) is 5.82 Å². The van der Waals surface area contributed by atoms with Gasteiger partial charge in [0.05, 0.1) is 16.6 Å². The van der Waals surface area contributed by atoms with E-state index in [-0.39, 0.29) is 0 Å². The van der Waals surface area contributed by atoms with Gasteiger partial charge in [-0.15, -0.1) is 0 Å². The highest BCUT2D eigenvalue weighted by atomic mass is 14.8. The number of hydrogen-bond donors (Lipinski definition) is 2. The lowest BCUT2D eigenvalue weighted by Gasteiger charge is -2.02. The van der Waals surface area contributed by atoms with E-state index < -0.39 is 0 Å². The lowest BCUT2D eigenvalue weighted by Crippen LogP contribution is -1.89. The molecule has 2 aromatic carbocycles. The monoisotopic (exact) mass is 233 g/mol. The Morgan fingerprint density at radius 2 is 1.72 bits per heavy atom. The Morgan fingerprint density at radius 1 is 0.889 bits per heavy atom. The molecule has 86 valence electrons. The number of aromatic nitrogens is 2. The number of aromatic amines is 1. The first-order chi connectivity index (χ1) is 8.83. The zero-order chi connectivity index (χ0) is 12.1. The van der Waals surface area contributed by atoms with Gasteiger partial charge >= 0.3 is 0 Å². The molecule has 3 nitrogen and oxygen atoms in total. The van der Waals surface area contributed by atoms with Crippen LogP contribution in [0.2, 0.25) is 0 Å². The molecule has 4 aromatic rings. The first-order valence-electron chi connectivity index (χ1n) is 5.88. The van der Waals surface area contributed by atoms with Crippen molar-refractivity contribution in [2.45, 2.75) is 0 Å². The lowest BCUT2D eigenvalue weighted by atomic mass is 10.1. The molecular weight excluding hydrogens is 222 g/mol. The average Bonchev–Trinajstić information content (AvgIpc) is 2.77. The maximum absolute atomic E-state index is 5.85. The predicted octanol–water partition coefficient (Wildman–Crippen LogP) is 3.45. The highest BCUT2D eigenvalue weighted by Crippen LogP contribution is 2.31. The maximum Gasteiger partial charge on any atom is 0.100 e. The zero-order valence-electron chi connectivity index (χ0n) is 9.64. The molecule has 0 saturated carbocycles. The number of pyridine rings is 1. The third kappa shape index (κ3) is 1.16. The Morgan fingerprint density at radius 3 is 2.67 bits per heavy atom. The van der Waals surface area contributed by atoms with Crippen LogP contribution in [0.3, 0.4) is 0 Å². The molecule has 4 rings (SSSR count). The molecule has 0 unspecified atom stereocenters. The number of nitrogens with one attached hydrogen (secondary N) is 1. The molecule has 0 fully saturated rings. The molecule has 0 aliphatic heterocycles. The first-order valence-corrected chi connectivity index (χ1v) is 5.88. The van der Waals surface area contributed by atoms with E-state index in [1.807, 2.05) is 30.3 Å². The summed E-state index contributed by atoms with van der Waals surface area (Å²) >= 11 is 0. The smallest absolute Gasteiger partial charge is 0.100 e. The van der Waals surface area contributed by atoms with Crippen molar-refractivity contribution in [2.24, 2.45) is 0 Å². The van der Waals surface area contributed by atoms with Gasteiger partial charge in [-0.05, 0) is 29.7 Å². The number of hydrogen-bond acceptors (Lipinski definition) is 2. The quantitative estimate of drug-likeness (QED) is 0.488. The van der Waals surface area contributed by atoms with Gasteiger partial charge in [-0.2, -0.15) is 0 Å². The Hall–Kier alpha value is -2.55. The fourth-order valence-corrected chi connectivity index (χ4v) is 2.53. The van der Waals surface area contributed by atoms with Crippen molar-refractivity contribution in [3.05, 3.63) is 48.5 Å². The molecule has 0 amide bonds. The summed E-state index contributed by atoms with van der Waals surface area (Å²) in [5.41, 5.74) is 8.94. The van der Waals surface area contributed by atoms with E-state index in [4.69, 9.17) is 5.73 Å². The lowest BCUT2D eigenvalue weighted by molar-refractivity contribution is 1.43. The van der Waals surface area contributed by atoms with Crippen LogP contribution in [-0.4, -0.2) is 9.97 Å². The van der Waals surface area contributed by atoms with Crippen LogP contribution in [0.25, 0.3) is 32.7 Å². The van der Waals surface area contributed by atoms with Crippen molar-refractivity contribution in [1.29, 1.82) is 0 Å². The van der Waals surface area contributed by atoms with Crippen LogP contribution in [0.1, 0.15) is 0 Å². The molecule has 0 saturated heterocycles. The maximum atomic E-state index is 5.85. The molecule has 0 spiro atoms. The summed E-state index contributed by atoms with van der Waals surface area (Å²) < 4.78 is 0. The summed E-state index contributed by atoms with van der Waals surface area (Å²) in [5, 5.41) is 3.46. The molecule has 18 heavy (non-hydrogen) atoms. The predicted molar refractivity (Wildman–Crippen MR) is 75.5 cm³/mol. The second-order valence-electron chi connectivity index (χ2n) is 4.47. The minimum absolute atomic E-state index is 0.667. The summed E-state index contributed by atoms with van der Waals surface area (Å²) in [4.78, 5) is 7.88. The summed E-state index contributed by atoms with van der Waals surface area (Å²) in [7, 11) is 0. The highest BCUT2D eigenvalue weighted by molar-refractivity contribution is 6.18. The van der Waals surface area contributed by atoms with Crippen molar-refractivity contribution in [2.75, 3.05) is 5.73 Å². The number of nitrogens with zero attached hydrogens (tertiary/aromatic N) is 1. The Balaban J connectivity index is 2.35. The van der Waals surface area contributed by atoms with Crippen molar-refractivity contribution in [3.8, 4) is 0 Å². The van der Waals surface area contributed by atoms with Gasteiger partial charge in [-0.1, -0.05) is 24.3 Å². The third-order valence-electron chi connectivity index (χ3n) is 3.34. The fraction of sp³-hybridized carbons (Fsp3) is 0. The number of rotatable bonds is 0. The van der Waals surface area contributed by atoms with Gasteiger partial charge in [0.2, 0.25) is 0 Å². The van der Waals surface area contributed by atoms with E-state index in [0.717, 1.165) is 27.3 Å². The molecule has 0 aliphatic rings. The average molecular weight is 233 g/mol. The van der Waals surface area contributed by atoms with Crippen LogP contribution in [0, 0.1) is 0 Å². The van der Waals surface area contributed by atoms with Gasteiger partial charge in [0.25, 0.3) is 0 Å². The summed E-state index contributed by atoms with van der Waals surface area (Å²) in [6, 6.07) is 16.2. The Kier molecular flexibility index (Phi) is 1.70. The van der Waals surface area contributed by atoms with Crippen molar-refractivity contribution in [3.63, 3.8) is 0 Å². The second-order valence-corrected chi connectivity index (χ2v) is 4.47. The number of nitrogen functional groups attached to an aromatic ring is 1. The molecule has 3 N–H and O–H groups in total. The molecule has 0 atom stereocenters. The van der Waals surface area contributed by atoms with Crippen LogP contribution in [-0.2, 0) is 0 Å². The fourth-order valence-electron chi connectivity index (χ4n) is 2.53.